The van der Waals surface area contributed by atoms with Crippen LogP contribution in [0.1, 0.15) is 33.6 Å². The molecule has 1 rings (SSSR count). The van der Waals surface area contributed by atoms with Crippen molar-refractivity contribution in [3.63, 3.8) is 0 Å². The average Bonchev–Trinajstić information content (AvgIpc) is 2.35. The monoisotopic (exact) mass is 327 g/mol. The Kier molecular flexibility index (Phi) is 6.64. The molecule has 130 valence electrons. The van der Waals surface area contributed by atoms with Gasteiger partial charge in [0.2, 0.25) is 0 Å². The third-order valence-electron chi connectivity index (χ3n) is 3.24. The SMILES string of the molecule is CC(C)(C)OC(=O)CN(C[C@@H](O)C(F)(F)F)C1CCOCC1. The highest BCUT2D eigenvalue weighted by Gasteiger charge is 2.40. The van der Waals surface area contributed by atoms with E-state index in [4.69, 9.17) is 9.47 Å². The average molecular weight is 327 g/mol. The Balaban J connectivity index is 2.71. The molecule has 0 unspecified atom stereocenters. The Labute approximate surface area is 128 Å². The summed E-state index contributed by atoms with van der Waals surface area (Å²) in [4.78, 5) is 13.2. The summed E-state index contributed by atoms with van der Waals surface area (Å²) >= 11 is 0. The third-order valence-corrected chi connectivity index (χ3v) is 3.24. The molecule has 0 aromatic carbocycles. The van der Waals surface area contributed by atoms with Gasteiger partial charge in [-0.3, -0.25) is 9.69 Å². The molecule has 1 atom stereocenters. The normalized spacial score (nSPS) is 19.3. The molecule has 5 nitrogen and oxygen atoms in total. The number of esters is 1. The number of aliphatic hydroxyl groups is 1. The van der Waals surface area contributed by atoms with Gasteiger partial charge in [-0.1, -0.05) is 0 Å². The first-order chi connectivity index (χ1) is 9.99. The summed E-state index contributed by atoms with van der Waals surface area (Å²) in [6, 6.07) is -0.238. The van der Waals surface area contributed by atoms with Gasteiger partial charge in [-0.15, -0.1) is 0 Å². The molecule has 22 heavy (non-hydrogen) atoms. The summed E-state index contributed by atoms with van der Waals surface area (Å²) < 4.78 is 48.0. The summed E-state index contributed by atoms with van der Waals surface area (Å²) in [5.74, 6) is -0.603. The van der Waals surface area contributed by atoms with Crippen molar-refractivity contribution < 1.29 is 32.5 Å². The number of ether oxygens (including phenoxy) is 2. The van der Waals surface area contributed by atoms with Crippen molar-refractivity contribution in [2.75, 3.05) is 26.3 Å². The van der Waals surface area contributed by atoms with E-state index < -0.39 is 30.4 Å². The second-order valence-corrected chi connectivity index (χ2v) is 6.42. The third kappa shape index (κ3) is 6.93. The van der Waals surface area contributed by atoms with E-state index in [1.54, 1.807) is 20.8 Å². The van der Waals surface area contributed by atoms with E-state index in [1.165, 1.54) is 4.90 Å². The zero-order valence-corrected chi connectivity index (χ0v) is 13.2. The Morgan fingerprint density at radius 3 is 2.32 bits per heavy atom. The van der Waals surface area contributed by atoms with Gasteiger partial charge in [0, 0.05) is 25.8 Å². The van der Waals surface area contributed by atoms with Crippen LogP contribution in [0.15, 0.2) is 0 Å². The molecule has 1 heterocycles. The number of hydrogen-bond donors (Lipinski definition) is 1. The molecule has 0 aromatic rings. The van der Waals surface area contributed by atoms with Crippen molar-refractivity contribution >= 4 is 5.97 Å². The smallest absolute Gasteiger partial charge is 0.415 e. The first-order valence-electron chi connectivity index (χ1n) is 7.27. The van der Waals surface area contributed by atoms with Gasteiger partial charge in [0.1, 0.15) is 5.60 Å². The zero-order chi connectivity index (χ0) is 17.0. The maximum absolute atomic E-state index is 12.6. The molecule has 1 N–H and O–H groups in total. The van der Waals surface area contributed by atoms with Gasteiger partial charge < -0.3 is 14.6 Å². The van der Waals surface area contributed by atoms with Crippen LogP contribution in [-0.2, 0) is 14.3 Å². The van der Waals surface area contributed by atoms with E-state index >= 15 is 0 Å². The van der Waals surface area contributed by atoms with Crippen LogP contribution in [0.5, 0.6) is 0 Å². The molecule has 8 heteroatoms. The fraction of sp³-hybridized carbons (Fsp3) is 0.929. The fourth-order valence-electron chi connectivity index (χ4n) is 2.26. The van der Waals surface area contributed by atoms with E-state index in [-0.39, 0.29) is 12.6 Å². The summed E-state index contributed by atoms with van der Waals surface area (Å²) in [7, 11) is 0. The van der Waals surface area contributed by atoms with Gasteiger partial charge in [0.25, 0.3) is 0 Å². The summed E-state index contributed by atoms with van der Waals surface area (Å²) in [6.45, 7) is 4.99. The van der Waals surface area contributed by atoms with Crippen LogP contribution in [0.3, 0.4) is 0 Å². The number of aliphatic hydroxyl groups excluding tert-OH is 1. The van der Waals surface area contributed by atoms with Crippen LogP contribution >= 0.6 is 0 Å². The predicted molar refractivity (Wildman–Crippen MR) is 73.3 cm³/mol. The highest BCUT2D eigenvalue weighted by atomic mass is 19.4. The number of hydrogen-bond acceptors (Lipinski definition) is 5. The number of alkyl halides is 3. The number of halogens is 3. The van der Waals surface area contributed by atoms with E-state index in [2.05, 4.69) is 0 Å². The van der Waals surface area contributed by atoms with Crippen molar-refractivity contribution in [1.29, 1.82) is 0 Å². The van der Waals surface area contributed by atoms with Crippen LogP contribution in [0.2, 0.25) is 0 Å². The molecule has 0 spiro atoms. The van der Waals surface area contributed by atoms with Crippen LogP contribution in [-0.4, -0.2) is 66.2 Å². The molecule has 0 aromatic heterocycles. The maximum Gasteiger partial charge on any atom is 0.415 e. The van der Waals surface area contributed by atoms with E-state index in [1.807, 2.05) is 0 Å². The molecule has 1 aliphatic rings. The minimum absolute atomic E-state index is 0.238. The Bertz CT molecular complexity index is 362. The lowest BCUT2D eigenvalue weighted by molar-refractivity contribution is -0.211. The van der Waals surface area contributed by atoms with Crippen molar-refractivity contribution in [2.24, 2.45) is 0 Å². The van der Waals surface area contributed by atoms with Crippen molar-refractivity contribution in [3.8, 4) is 0 Å². The van der Waals surface area contributed by atoms with E-state index in [0.717, 1.165) is 0 Å². The highest BCUT2D eigenvalue weighted by molar-refractivity contribution is 5.72. The summed E-state index contributed by atoms with van der Waals surface area (Å²) in [5.41, 5.74) is -0.707. The zero-order valence-electron chi connectivity index (χ0n) is 13.2. The summed E-state index contributed by atoms with van der Waals surface area (Å²) in [6.07, 6.45) is -6.16. The van der Waals surface area contributed by atoms with Crippen molar-refractivity contribution in [2.45, 2.75) is 57.5 Å². The van der Waals surface area contributed by atoms with Gasteiger partial charge >= 0.3 is 12.1 Å². The lowest BCUT2D eigenvalue weighted by Gasteiger charge is -2.35. The largest absolute Gasteiger partial charge is 0.459 e. The first kappa shape index (κ1) is 19.2. The lowest BCUT2D eigenvalue weighted by atomic mass is 10.1. The molecule has 1 aliphatic heterocycles. The second kappa shape index (κ2) is 7.61. The maximum atomic E-state index is 12.6. The van der Waals surface area contributed by atoms with Crippen LogP contribution in [0, 0.1) is 0 Å². The van der Waals surface area contributed by atoms with Crippen LogP contribution in [0.25, 0.3) is 0 Å². The molecule has 0 aliphatic carbocycles. The Morgan fingerprint density at radius 1 is 1.32 bits per heavy atom. The van der Waals surface area contributed by atoms with Gasteiger partial charge in [-0.05, 0) is 33.6 Å². The molecule has 0 amide bonds. The second-order valence-electron chi connectivity index (χ2n) is 6.42. The first-order valence-corrected chi connectivity index (χ1v) is 7.27. The molecular formula is C14H24F3NO4. The number of carbonyl (C=O) groups excluding carboxylic acids is 1. The van der Waals surface area contributed by atoms with Crippen LogP contribution in [0.4, 0.5) is 13.2 Å². The molecule has 0 bridgehead atoms. The minimum atomic E-state index is -4.71. The van der Waals surface area contributed by atoms with Crippen molar-refractivity contribution in [1.82, 2.24) is 4.90 Å². The van der Waals surface area contributed by atoms with E-state index in [9.17, 15) is 23.1 Å². The van der Waals surface area contributed by atoms with Gasteiger partial charge in [0.05, 0.1) is 6.54 Å². The number of carbonyl (C=O) groups is 1. The topological polar surface area (TPSA) is 59.0 Å². The van der Waals surface area contributed by atoms with Crippen LogP contribution < -0.4 is 0 Å². The number of nitrogens with zero attached hydrogens (tertiary/aromatic N) is 1. The van der Waals surface area contributed by atoms with Gasteiger partial charge in [-0.25, -0.2) is 0 Å². The standard InChI is InChI=1S/C14H24F3NO4/c1-13(2,3)22-12(20)9-18(8-11(19)14(15,16)17)10-4-6-21-7-5-10/h10-11,19H,4-9H2,1-3H3/t11-/m1/s1. The van der Waals surface area contributed by atoms with Gasteiger partial charge in [0.15, 0.2) is 6.10 Å². The Morgan fingerprint density at radius 2 is 1.86 bits per heavy atom. The molecule has 1 saturated heterocycles. The minimum Gasteiger partial charge on any atom is -0.459 e. The summed E-state index contributed by atoms with van der Waals surface area (Å²) in [5, 5.41) is 9.28. The highest BCUT2D eigenvalue weighted by Crippen LogP contribution is 2.23. The molecule has 1 fully saturated rings. The van der Waals surface area contributed by atoms with E-state index in [0.29, 0.717) is 26.1 Å². The molecule has 0 saturated carbocycles. The number of rotatable bonds is 5. The van der Waals surface area contributed by atoms with Gasteiger partial charge in [-0.2, -0.15) is 13.2 Å². The molecular weight excluding hydrogens is 303 g/mol. The molecule has 0 radical (unpaired) electrons. The fourth-order valence-corrected chi connectivity index (χ4v) is 2.26. The predicted octanol–water partition coefficient (Wildman–Crippen LogP) is 1.73. The quantitative estimate of drug-likeness (QED) is 0.780. The lowest BCUT2D eigenvalue weighted by Crippen LogP contribution is -2.49. The van der Waals surface area contributed by atoms with Crippen molar-refractivity contribution in [3.05, 3.63) is 0 Å². The Hall–Kier alpha value is -0.860.